The Bertz CT molecular complexity index is 1130. The zero-order valence-corrected chi connectivity index (χ0v) is 16.2. The third kappa shape index (κ3) is 3.57. The van der Waals surface area contributed by atoms with Crippen molar-refractivity contribution < 1.29 is 14.4 Å². The molecule has 0 aromatic heterocycles. The first-order valence-corrected chi connectivity index (χ1v) is 9.50. The van der Waals surface area contributed by atoms with E-state index in [2.05, 4.69) is 10.6 Å². The van der Waals surface area contributed by atoms with E-state index < -0.39 is 6.03 Å². The molecule has 3 aromatic rings. The number of hydrogen-bond acceptors (Lipinski definition) is 3. The van der Waals surface area contributed by atoms with Gasteiger partial charge in [-0.15, -0.1) is 0 Å². The summed E-state index contributed by atoms with van der Waals surface area (Å²) in [5.74, 6) is -0.427. The molecule has 0 radical (unpaired) electrons. The smallest absolute Gasteiger partial charge is 0.308 e. The van der Waals surface area contributed by atoms with E-state index in [-0.39, 0.29) is 17.7 Å². The second-order valence-electron chi connectivity index (χ2n) is 7.48. The highest BCUT2D eigenvalue weighted by Gasteiger charge is 2.35. The predicted molar refractivity (Wildman–Crippen MR) is 113 cm³/mol. The van der Waals surface area contributed by atoms with E-state index in [1.165, 1.54) is 4.90 Å². The van der Waals surface area contributed by atoms with E-state index in [4.69, 9.17) is 0 Å². The van der Waals surface area contributed by atoms with Crippen LogP contribution in [-0.2, 0) is 0 Å². The van der Waals surface area contributed by atoms with Gasteiger partial charge in [0.25, 0.3) is 11.8 Å². The quantitative estimate of drug-likeness (QED) is 0.635. The van der Waals surface area contributed by atoms with Gasteiger partial charge in [-0.2, -0.15) is 0 Å². The molecule has 6 heteroatoms. The number of hydrogen-bond donors (Lipinski definition) is 2. The molecule has 6 nitrogen and oxygen atoms in total. The van der Waals surface area contributed by atoms with Crippen LogP contribution in [0.4, 0.5) is 16.2 Å². The number of nitrogens with one attached hydrogen (secondary N) is 2. The van der Waals surface area contributed by atoms with E-state index in [0.29, 0.717) is 29.0 Å². The lowest BCUT2D eigenvalue weighted by atomic mass is 10.1. The molecular formula is C23H21N3O3. The molecule has 146 valence electrons. The number of fused-ring (bicyclic) bond motifs is 2. The average Bonchev–Trinajstić information content (AvgIpc) is 2.92. The standard InChI is InChI=1S/C23H21N3O3/c1-14(2)13-26-21(27)18-11-10-16(12-19(18)22(26)28)24-23(29)25-20-9-5-7-15-6-3-4-8-17(15)20/h3-12,14H,13H2,1-2H3,(H2,24,25,29). The van der Waals surface area contributed by atoms with E-state index >= 15 is 0 Å². The van der Waals surface area contributed by atoms with Crippen molar-refractivity contribution in [3.63, 3.8) is 0 Å². The lowest BCUT2D eigenvalue weighted by Crippen LogP contribution is -2.33. The van der Waals surface area contributed by atoms with Gasteiger partial charge in [0, 0.05) is 17.6 Å². The van der Waals surface area contributed by atoms with E-state index in [0.717, 1.165) is 10.8 Å². The number of urea groups is 1. The van der Waals surface area contributed by atoms with Gasteiger partial charge in [-0.3, -0.25) is 14.5 Å². The molecule has 0 atom stereocenters. The monoisotopic (exact) mass is 387 g/mol. The number of nitrogens with zero attached hydrogens (tertiary/aromatic N) is 1. The van der Waals surface area contributed by atoms with Crippen molar-refractivity contribution in [1.29, 1.82) is 0 Å². The molecule has 1 heterocycles. The molecule has 0 aliphatic carbocycles. The highest BCUT2D eigenvalue weighted by molar-refractivity contribution is 6.22. The Morgan fingerprint density at radius 3 is 2.41 bits per heavy atom. The first-order valence-electron chi connectivity index (χ1n) is 9.50. The van der Waals surface area contributed by atoms with E-state index in [1.54, 1.807) is 18.2 Å². The number of rotatable bonds is 4. The minimum absolute atomic E-state index is 0.182. The van der Waals surface area contributed by atoms with Crippen LogP contribution in [-0.4, -0.2) is 29.3 Å². The third-order valence-corrected chi connectivity index (χ3v) is 4.81. The summed E-state index contributed by atoms with van der Waals surface area (Å²) in [5.41, 5.74) is 1.83. The maximum Gasteiger partial charge on any atom is 0.323 e. The van der Waals surface area contributed by atoms with Gasteiger partial charge in [-0.1, -0.05) is 50.2 Å². The van der Waals surface area contributed by atoms with Gasteiger partial charge in [-0.05, 0) is 35.6 Å². The fraction of sp³-hybridized carbons (Fsp3) is 0.174. The van der Waals surface area contributed by atoms with Crippen molar-refractivity contribution in [3.05, 3.63) is 71.8 Å². The summed E-state index contributed by atoms with van der Waals surface area (Å²) in [7, 11) is 0. The van der Waals surface area contributed by atoms with Gasteiger partial charge in [0.1, 0.15) is 0 Å². The SMILES string of the molecule is CC(C)CN1C(=O)c2ccc(NC(=O)Nc3cccc4ccccc34)cc2C1=O. The van der Waals surface area contributed by atoms with Crippen LogP contribution in [0.2, 0.25) is 0 Å². The van der Waals surface area contributed by atoms with Crippen LogP contribution in [0.25, 0.3) is 10.8 Å². The van der Waals surface area contributed by atoms with Crippen LogP contribution >= 0.6 is 0 Å². The fourth-order valence-corrected chi connectivity index (χ4v) is 3.52. The number of anilines is 2. The van der Waals surface area contributed by atoms with Crippen LogP contribution in [0.1, 0.15) is 34.6 Å². The van der Waals surface area contributed by atoms with E-state index in [9.17, 15) is 14.4 Å². The number of carbonyl (C=O) groups is 3. The Morgan fingerprint density at radius 2 is 1.62 bits per heavy atom. The Morgan fingerprint density at radius 1 is 0.897 bits per heavy atom. The van der Waals surface area contributed by atoms with Gasteiger partial charge < -0.3 is 10.6 Å². The van der Waals surface area contributed by atoms with Gasteiger partial charge >= 0.3 is 6.03 Å². The van der Waals surface area contributed by atoms with E-state index in [1.807, 2.05) is 56.3 Å². The lowest BCUT2D eigenvalue weighted by molar-refractivity contribution is 0.0636. The lowest BCUT2D eigenvalue weighted by Gasteiger charge is -2.15. The topological polar surface area (TPSA) is 78.5 Å². The average molecular weight is 387 g/mol. The van der Waals surface area contributed by atoms with Crippen LogP contribution in [0, 0.1) is 5.92 Å². The molecule has 3 aromatic carbocycles. The van der Waals surface area contributed by atoms with Crippen LogP contribution < -0.4 is 10.6 Å². The molecule has 0 spiro atoms. The van der Waals surface area contributed by atoms with Crippen molar-refractivity contribution >= 4 is 40.0 Å². The fourth-order valence-electron chi connectivity index (χ4n) is 3.52. The summed E-state index contributed by atoms with van der Waals surface area (Å²) >= 11 is 0. The Hall–Kier alpha value is -3.67. The molecule has 1 aliphatic heterocycles. The number of benzene rings is 3. The molecule has 1 aliphatic rings. The highest BCUT2D eigenvalue weighted by Crippen LogP contribution is 2.27. The summed E-state index contributed by atoms with van der Waals surface area (Å²) in [4.78, 5) is 38.8. The maximum atomic E-state index is 12.6. The zero-order chi connectivity index (χ0) is 20.5. The molecule has 0 saturated carbocycles. The number of carbonyl (C=O) groups excluding carboxylic acids is 3. The van der Waals surface area contributed by atoms with Crippen molar-refractivity contribution in [2.75, 3.05) is 17.2 Å². The summed E-state index contributed by atoms with van der Waals surface area (Å²) in [5, 5.41) is 7.55. The minimum Gasteiger partial charge on any atom is -0.308 e. The molecule has 0 unspecified atom stereocenters. The Kier molecular flexibility index (Phi) is 4.76. The van der Waals surface area contributed by atoms with Crippen LogP contribution in [0.15, 0.2) is 60.7 Å². The van der Waals surface area contributed by atoms with Crippen LogP contribution in [0.3, 0.4) is 0 Å². The molecule has 29 heavy (non-hydrogen) atoms. The van der Waals surface area contributed by atoms with Gasteiger partial charge in [0.15, 0.2) is 0 Å². The summed E-state index contributed by atoms with van der Waals surface area (Å²) in [6.45, 7) is 4.28. The van der Waals surface area contributed by atoms with Crippen molar-refractivity contribution in [1.82, 2.24) is 4.90 Å². The Balaban J connectivity index is 1.53. The largest absolute Gasteiger partial charge is 0.323 e. The normalized spacial score (nSPS) is 13.1. The second kappa shape index (κ2) is 7.39. The molecule has 4 amide bonds. The molecule has 2 N–H and O–H groups in total. The van der Waals surface area contributed by atoms with Gasteiger partial charge in [0.2, 0.25) is 0 Å². The molecule has 0 saturated heterocycles. The number of imide groups is 1. The zero-order valence-electron chi connectivity index (χ0n) is 16.2. The highest BCUT2D eigenvalue weighted by atomic mass is 16.2. The van der Waals surface area contributed by atoms with Crippen LogP contribution in [0.5, 0.6) is 0 Å². The predicted octanol–water partition coefficient (Wildman–Crippen LogP) is 4.74. The van der Waals surface area contributed by atoms with Crippen molar-refractivity contribution in [2.24, 2.45) is 5.92 Å². The van der Waals surface area contributed by atoms with Crippen molar-refractivity contribution in [3.8, 4) is 0 Å². The molecule has 0 bridgehead atoms. The maximum absolute atomic E-state index is 12.6. The Labute approximate surface area is 168 Å². The van der Waals surface area contributed by atoms with Gasteiger partial charge in [-0.25, -0.2) is 4.79 Å². The number of amides is 4. The molecular weight excluding hydrogens is 366 g/mol. The third-order valence-electron chi connectivity index (χ3n) is 4.81. The minimum atomic E-state index is -0.419. The van der Waals surface area contributed by atoms with Crippen molar-refractivity contribution in [2.45, 2.75) is 13.8 Å². The first kappa shape index (κ1) is 18.7. The summed E-state index contributed by atoms with van der Waals surface area (Å²) in [6, 6.07) is 17.8. The first-order chi connectivity index (χ1) is 13.9. The summed E-state index contributed by atoms with van der Waals surface area (Å²) < 4.78 is 0. The second-order valence-corrected chi connectivity index (χ2v) is 7.48. The summed E-state index contributed by atoms with van der Waals surface area (Å²) in [6.07, 6.45) is 0. The van der Waals surface area contributed by atoms with Gasteiger partial charge in [0.05, 0.1) is 16.8 Å². The molecule has 0 fully saturated rings. The molecule has 4 rings (SSSR count).